The molecule has 5 nitrogen and oxygen atoms in total. The molecule has 15 heavy (non-hydrogen) atoms. The molecule has 0 saturated heterocycles. The van der Waals surface area contributed by atoms with Gasteiger partial charge in [-0.1, -0.05) is 6.92 Å². The Bertz CT molecular complexity index is 280. The predicted octanol–water partition coefficient (Wildman–Crippen LogP) is 0.897. The van der Waals surface area contributed by atoms with Crippen molar-refractivity contribution < 1.29 is 4.74 Å². The lowest BCUT2D eigenvalue weighted by Crippen LogP contribution is -2.17. The number of aromatic nitrogens is 2. The molecule has 0 amide bonds. The lowest BCUT2D eigenvalue weighted by Gasteiger charge is -2.06. The number of nitrogens with zero attached hydrogens (tertiary/aromatic N) is 2. The minimum Gasteiger partial charge on any atom is -0.481 e. The molecule has 2 N–H and O–H groups in total. The molecule has 0 aliphatic carbocycles. The van der Waals surface area contributed by atoms with Gasteiger partial charge in [0.15, 0.2) is 0 Å². The van der Waals surface area contributed by atoms with Crippen LogP contribution < -0.4 is 15.4 Å². The van der Waals surface area contributed by atoms with Gasteiger partial charge in [0.1, 0.15) is 12.1 Å². The van der Waals surface area contributed by atoms with E-state index in [1.807, 2.05) is 0 Å². The Kier molecular flexibility index (Phi) is 5.47. The summed E-state index contributed by atoms with van der Waals surface area (Å²) in [5.41, 5.74) is 0. The normalized spacial score (nSPS) is 10.0. The van der Waals surface area contributed by atoms with Crippen molar-refractivity contribution in [2.24, 2.45) is 0 Å². The predicted molar refractivity (Wildman–Crippen MR) is 60.2 cm³/mol. The van der Waals surface area contributed by atoms with Gasteiger partial charge in [0, 0.05) is 12.6 Å². The van der Waals surface area contributed by atoms with E-state index in [2.05, 4.69) is 27.5 Å². The van der Waals surface area contributed by atoms with E-state index in [1.54, 1.807) is 13.2 Å². The van der Waals surface area contributed by atoms with E-state index >= 15 is 0 Å². The lowest BCUT2D eigenvalue weighted by molar-refractivity contribution is 0.397. The zero-order valence-electron chi connectivity index (χ0n) is 9.29. The summed E-state index contributed by atoms with van der Waals surface area (Å²) in [5.74, 6) is 1.39. The number of methoxy groups -OCH3 is 1. The van der Waals surface area contributed by atoms with Gasteiger partial charge in [-0.2, -0.15) is 0 Å². The van der Waals surface area contributed by atoms with Gasteiger partial charge in [-0.25, -0.2) is 9.97 Å². The van der Waals surface area contributed by atoms with Crippen LogP contribution in [0.3, 0.4) is 0 Å². The molecule has 0 unspecified atom stereocenters. The summed E-state index contributed by atoms with van der Waals surface area (Å²) >= 11 is 0. The lowest BCUT2D eigenvalue weighted by atomic mass is 10.4. The topological polar surface area (TPSA) is 59.1 Å². The number of hydrogen-bond donors (Lipinski definition) is 2. The molecule has 84 valence electrons. The van der Waals surface area contributed by atoms with Crippen molar-refractivity contribution in [2.45, 2.75) is 13.3 Å². The zero-order valence-corrected chi connectivity index (χ0v) is 9.29. The molecular weight excluding hydrogens is 192 g/mol. The minimum absolute atomic E-state index is 0.583. The van der Waals surface area contributed by atoms with Gasteiger partial charge in [0.05, 0.1) is 7.11 Å². The third-order valence-electron chi connectivity index (χ3n) is 1.94. The molecular formula is C10H18N4O. The third kappa shape index (κ3) is 4.60. The van der Waals surface area contributed by atoms with Gasteiger partial charge >= 0.3 is 0 Å². The quantitative estimate of drug-likeness (QED) is 0.655. The van der Waals surface area contributed by atoms with E-state index in [0.29, 0.717) is 5.88 Å². The number of rotatable bonds is 7. The number of nitrogens with one attached hydrogen (secondary N) is 2. The van der Waals surface area contributed by atoms with Crippen molar-refractivity contribution in [1.82, 2.24) is 15.3 Å². The highest BCUT2D eigenvalue weighted by Crippen LogP contribution is 2.09. The van der Waals surface area contributed by atoms with Gasteiger partial charge in [-0.3, -0.25) is 0 Å². The van der Waals surface area contributed by atoms with E-state index < -0.39 is 0 Å². The van der Waals surface area contributed by atoms with Crippen LogP contribution >= 0.6 is 0 Å². The Morgan fingerprint density at radius 2 is 2.20 bits per heavy atom. The van der Waals surface area contributed by atoms with Crippen LogP contribution in [0.5, 0.6) is 5.88 Å². The van der Waals surface area contributed by atoms with Crippen LogP contribution in [0.1, 0.15) is 13.3 Å². The fourth-order valence-corrected chi connectivity index (χ4v) is 1.15. The molecule has 5 heteroatoms. The fourth-order valence-electron chi connectivity index (χ4n) is 1.15. The van der Waals surface area contributed by atoms with Gasteiger partial charge in [0.25, 0.3) is 0 Å². The summed E-state index contributed by atoms with van der Waals surface area (Å²) in [5, 5.41) is 6.47. The van der Waals surface area contributed by atoms with Crippen molar-refractivity contribution in [2.75, 3.05) is 32.1 Å². The molecule has 1 heterocycles. The summed E-state index contributed by atoms with van der Waals surface area (Å²) in [6.07, 6.45) is 2.56. The Morgan fingerprint density at radius 1 is 1.33 bits per heavy atom. The molecule has 0 spiro atoms. The summed E-state index contributed by atoms with van der Waals surface area (Å²) in [4.78, 5) is 8.01. The first kappa shape index (κ1) is 11.7. The van der Waals surface area contributed by atoms with Gasteiger partial charge in [-0.05, 0) is 19.5 Å². The molecule has 0 aliphatic rings. The first-order chi connectivity index (χ1) is 7.36. The minimum atomic E-state index is 0.583. The summed E-state index contributed by atoms with van der Waals surface area (Å²) < 4.78 is 5.00. The van der Waals surface area contributed by atoms with Crippen molar-refractivity contribution in [3.05, 3.63) is 12.4 Å². The van der Waals surface area contributed by atoms with Crippen molar-refractivity contribution in [1.29, 1.82) is 0 Å². The molecule has 0 atom stereocenters. The van der Waals surface area contributed by atoms with Crippen molar-refractivity contribution in [3.8, 4) is 5.88 Å². The monoisotopic (exact) mass is 210 g/mol. The zero-order chi connectivity index (χ0) is 10.9. The molecule has 1 aromatic rings. The van der Waals surface area contributed by atoms with Gasteiger partial charge in [0.2, 0.25) is 5.88 Å². The average molecular weight is 210 g/mol. The highest BCUT2D eigenvalue weighted by molar-refractivity contribution is 5.36. The van der Waals surface area contributed by atoms with Crippen molar-refractivity contribution >= 4 is 5.82 Å². The smallest absolute Gasteiger partial charge is 0.218 e. The second-order valence-corrected chi connectivity index (χ2v) is 3.08. The average Bonchev–Trinajstić information content (AvgIpc) is 2.29. The van der Waals surface area contributed by atoms with Crippen LogP contribution in [0.15, 0.2) is 12.4 Å². The number of anilines is 1. The summed E-state index contributed by atoms with van der Waals surface area (Å²) in [6, 6.07) is 1.78. The van der Waals surface area contributed by atoms with E-state index in [-0.39, 0.29) is 0 Å². The Balaban J connectivity index is 2.24. The van der Waals surface area contributed by atoms with E-state index in [4.69, 9.17) is 4.74 Å². The Labute approximate surface area is 90.3 Å². The van der Waals surface area contributed by atoms with Crippen LogP contribution in [0.2, 0.25) is 0 Å². The molecule has 0 aliphatic heterocycles. The van der Waals surface area contributed by atoms with Crippen molar-refractivity contribution in [3.63, 3.8) is 0 Å². The molecule has 0 aromatic carbocycles. The largest absolute Gasteiger partial charge is 0.481 e. The second-order valence-electron chi connectivity index (χ2n) is 3.08. The highest BCUT2D eigenvalue weighted by Gasteiger charge is 1.96. The summed E-state index contributed by atoms with van der Waals surface area (Å²) in [7, 11) is 1.59. The molecule has 0 saturated carbocycles. The first-order valence-corrected chi connectivity index (χ1v) is 5.17. The second kappa shape index (κ2) is 7.00. The van der Waals surface area contributed by atoms with E-state index in [0.717, 1.165) is 31.9 Å². The van der Waals surface area contributed by atoms with Crippen LogP contribution in [0, 0.1) is 0 Å². The molecule has 0 fully saturated rings. The summed E-state index contributed by atoms with van der Waals surface area (Å²) in [6.45, 7) is 5.03. The third-order valence-corrected chi connectivity index (χ3v) is 1.94. The number of ether oxygens (including phenoxy) is 1. The molecule has 1 aromatic heterocycles. The number of hydrogen-bond acceptors (Lipinski definition) is 5. The molecule has 0 bridgehead atoms. The molecule has 0 radical (unpaired) electrons. The van der Waals surface area contributed by atoms with Gasteiger partial charge in [-0.15, -0.1) is 0 Å². The maximum absolute atomic E-state index is 5.00. The SMILES string of the molecule is CCNCCCNc1cc(OC)ncn1. The van der Waals surface area contributed by atoms with Crippen LogP contribution in [-0.4, -0.2) is 36.7 Å². The van der Waals surface area contributed by atoms with Crippen LogP contribution in [0.4, 0.5) is 5.82 Å². The first-order valence-electron chi connectivity index (χ1n) is 5.17. The Morgan fingerprint density at radius 3 is 2.93 bits per heavy atom. The Hall–Kier alpha value is -1.36. The van der Waals surface area contributed by atoms with Gasteiger partial charge < -0.3 is 15.4 Å². The maximum atomic E-state index is 5.00. The maximum Gasteiger partial charge on any atom is 0.218 e. The van der Waals surface area contributed by atoms with E-state index in [9.17, 15) is 0 Å². The van der Waals surface area contributed by atoms with Crippen LogP contribution in [0.25, 0.3) is 0 Å². The van der Waals surface area contributed by atoms with E-state index in [1.165, 1.54) is 6.33 Å². The van der Waals surface area contributed by atoms with Crippen LogP contribution in [-0.2, 0) is 0 Å². The molecule has 1 rings (SSSR count). The standard InChI is InChI=1S/C10H18N4O/c1-3-11-5-4-6-12-9-7-10(15-2)14-8-13-9/h7-8,11H,3-6H2,1-2H3,(H,12,13,14). The highest BCUT2D eigenvalue weighted by atomic mass is 16.5. The fraction of sp³-hybridized carbons (Fsp3) is 0.600.